The van der Waals surface area contributed by atoms with Crippen molar-refractivity contribution in [2.75, 3.05) is 19.7 Å². The Morgan fingerprint density at radius 3 is 2.33 bits per heavy atom. The molecule has 21 heavy (non-hydrogen) atoms. The van der Waals surface area contributed by atoms with Gasteiger partial charge in [0.2, 0.25) is 0 Å². The molecule has 120 valence electrons. The molecule has 0 radical (unpaired) electrons. The molecule has 1 aliphatic rings. The summed E-state index contributed by atoms with van der Waals surface area (Å²) in [6.45, 7) is 11.9. The number of nitrogens with zero attached hydrogens (tertiary/aromatic N) is 1. The van der Waals surface area contributed by atoms with Crippen LogP contribution < -0.4 is 0 Å². The molecule has 0 aromatic carbocycles. The van der Waals surface area contributed by atoms with Crippen LogP contribution in [0.2, 0.25) is 0 Å². The first kappa shape index (κ1) is 17.5. The van der Waals surface area contributed by atoms with Gasteiger partial charge in [-0.3, -0.25) is 4.79 Å². The highest BCUT2D eigenvalue weighted by Gasteiger charge is 2.49. The van der Waals surface area contributed by atoms with Gasteiger partial charge in [0.25, 0.3) is 0 Å². The Morgan fingerprint density at radius 1 is 1.33 bits per heavy atom. The molecule has 0 saturated carbocycles. The van der Waals surface area contributed by atoms with Crippen molar-refractivity contribution in [2.45, 2.75) is 51.7 Å². The molecule has 0 atom stereocenters. The Labute approximate surface area is 125 Å². The van der Waals surface area contributed by atoms with Crippen molar-refractivity contribution >= 4 is 12.1 Å². The van der Waals surface area contributed by atoms with Crippen LogP contribution in [0.25, 0.3) is 0 Å². The van der Waals surface area contributed by atoms with Crippen molar-refractivity contribution in [3.05, 3.63) is 12.2 Å². The minimum Gasteiger partial charge on any atom is -0.481 e. The fourth-order valence-corrected chi connectivity index (χ4v) is 2.08. The summed E-state index contributed by atoms with van der Waals surface area (Å²) in [5.74, 6) is -0.936. The zero-order chi connectivity index (χ0) is 16.3. The number of carbonyl (C=O) groups excluding carboxylic acids is 1. The van der Waals surface area contributed by atoms with Crippen LogP contribution in [0.5, 0.6) is 0 Å². The van der Waals surface area contributed by atoms with Gasteiger partial charge in [0.1, 0.15) is 11.2 Å². The summed E-state index contributed by atoms with van der Waals surface area (Å²) in [6.07, 6.45) is 0.114. The number of ether oxygens (including phenoxy) is 2. The summed E-state index contributed by atoms with van der Waals surface area (Å²) in [4.78, 5) is 24.3. The molecule has 6 nitrogen and oxygen atoms in total. The summed E-state index contributed by atoms with van der Waals surface area (Å²) in [5.41, 5.74) is -0.398. The lowest BCUT2D eigenvalue weighted by atomic mass is 9.90. The van der Waals surface area contributed by atoms with Gasteiger partial charge in [0, 0.05) is 0 Å². The number of likely N-dealkylation sites (tertiary alicyclic amines) is 1. The summed E-state index contributed by atoms with van der Waals surface area (Å²) < 4.78 is 11.0. The predicted octanol–water partition coefficient (Wildman–Crippen LogP) is 2.43. The fraction of sp³-hybridized carbons (Fsp3) is 0.733. The highest BCUT2D eigenvalue weighted by atomic mass is 16.6. The summed E-state index contributed by atoms with van der Waals surface area (Å²) in [6, 6.07) is 0. The van der Waals surface area contributed by atoms with Gasteiger partial charge in [-0.15, -0.1) is 6.58 Å². The maximum atomic E-state index is 11.9. The normalized spacial score (nSPS) is 17.0. The molecule has 0 unspecified atom stereocenters. The highest BCUT2D eigenvalue weighted by Crippen LogP contribution is 2.30. The largest absolute Gasteiger partial charge is 0.481 e. The van der Waals surface area contributed by atoms with E-state index in [2.05, 4.69) is 6.58 Å². The lowest BCUT2D eigenvalue weighted by molar-refractivity contribution is -0.166. The van der Waals surface area contributed by atoms with Crippen LogP contribution in [-0.4, -0.2) is 53.0 Å². The van der Waals surface area contributed by atoms with E-state index < -0.39 is 23.3 Å². The van der Waals surface area contributed by atoms with Gasteiger partial charge in [-0.05, 0) is 34.1 Å². The molecule has 0 spiro atoms. The molecule has 0 bridgehead atoms. The van der Waals surface area contributed by atoms with Crippen LogP contribution in [0, 0.1) is 0 Å². The number of carboxylic acids is 1. The Hall–Kier alpha value is -1.56. The zero-order valence-electron chi connectivity index (χ0n) is 13.3. The van der Waals surface area contributed by atoms with E-state index in [1.165, 1.54) is 4.90 Å². The van der Waals surface area contributed by atoms with Gasteiger partial charge in [-0.2, -0.15) is 0 Å². The molecule has 1 heterocycles. The number of amides is 1. The Bertz CT molecular complexity index is 418. The van der Waals surface area contributed by atoms with E-state index in [0.29, 0.717) is 13.0 Å². The molecule has 1 saturated heterocycles. The van der Waals surface area contributed by atoms with E-state index in [4.69, 9.17) is 14.6 Å². The third-order valence-electron chi connectivity index (χ3n) is 3.02. The molecule has 1 N–H and O–H groups in total. The average Bonchev–Trinajstić information content (AvgIpc) is 2.20. The molecule has 6 heteroatoms. The third-order valence-corrected chi connectivity index (χ3v) is 3.02. The van der Waals surface area contributed by atoms with Gasteiger partial charge in [0.05, 0.1) is 26.1 Å². The second kappa shape index (κ2) is 6.47. The lowest BCUT2D eigenvalue weighted by Gasteiger charge is -2.48. The summed E-state index contributed by atoms with van der Waals surface area (Å²) >= 11 is 0. The van der Waals surface area contributed by atoms with E-state index in [9.17, 15) is 9.59 Å². The molecular formula is C15H25NO5. The maximum Gasteiger partial charge on any atom is 0.410 e. The monoisotopic (exact) mass is 299 g/mol. The number of carbonyl (C=O) groups is 2. The van der Waals surface area contributed by atoms with E-state index >= 15 is 0 Å². The summed E-state index contributed by atoms with van der Waals surface area (Å²) in [5, 5.41) is 9.00. The molecule has 0 aromatic rings. The van der Waals surface area contributed by atoms with Crippen molar-refractivity contribution in [3.63, 3.8) is 0 Å². The first-order chi connectivity index (χ1) is 9.53. The molecule has 0 aliphatic carbocycles. The van der Waals surface area contributed by atoms with Crippen molar-refractivity contribution < 1.29 is 24.2 Å². The number of rotatable bonds is 6. The number of hydrogen-bond donors (Lipinski definition) is 1. The first-order valence-electron chi connectivity index (χ1n) is 7.01. The van der Waals surface area contributed by atoms with Crippen LogP contribution in [0.1, 0.15) is 40.5 Å². The van der Waals surface area contributed by atoms with Gasteiger partial charge in [-0.25, -0.2) is 4.79 Å². The van der Waals surface area contributed by atoms with Gasteiger partial charge in [0.15, 0.2) is 0 Å². The minimum absolute atomic E-state index is 0.123. The quantitative estimate of drug-likeness (QED) is 0.762. The van der Waals surface area contributed by atoms with Crippen molar-refractivity contribution in [1.82, 2.24) is 4.90 Å². The lowest BCUT2D eigenvalue weighted by Crippen LogP contribution is -2.66. The van der Waals surface area contributed by atoms with Crippen molar-refractivity contribution in [1.29, 1.82) is 0 Å². The SMILES string of the molecule is C=C(C)CCOC1(CC(=O)O)CN(C(=O)OC(C)(C)C)C1. The van der Waals surface area contributed by atoms with Crippen LogP contribution in [0.3, 0.4) is 0 Å². The Balaban J connectivity index is 2.55. The number of hydrogen-bond acceptors (Lipinski definition) is 4. The second-order valence-electron chi connectivity index (χ2n) is 6.65. The van der Waals surface area contributed by atoms with E-state index in [0.717, 1.165) is 5.57 Å². The minimum atomic E-state index is -0.936. The van der Waals surface area contributed by atoms with Gasteiger partial charge >= 0.3 is 12.1 Å². The van der Waals surface area contributed by atoms with Gasteiger partial charge < -0.3 is 19.5 Å². The molecule has 1 aliphatic heterocycles. The Kier molecular flexibility index (Phi) is 5.39. The van der Waals surface area contributed by atoms with Crippen LogP contribution in [0.4, 0.5) is 4.79 Å². The van der Waals surface area contributed by atoms with Crippen molar-refractivity contribution in [2.24, 2.45) is 0 Å². The second-order valence-corrected chi connectivity index (χ2v) is 6.65. The molecule has 1 amide bonds. The number of carboxylic acid groups (broad SMARTS) is 1. The topological polar surface area (TPSA) is 76.1 Å². The average molecular weight is 299 g/mol. The predicted molar refractivity (Wildman–Crippen MR) is 78.2 cm³/mol. The third kappa shape index (κ3) is 5.75. The van der Waals surface area contributed by atoms with E-state index in [1.807, 2.05) is 6.92 Å². The summed E-state index contributed by atoms with van der Waals surface area (Å²) in [7, 11) is 0. The number of aliphatic carboxylic acids is 1. The smallest absolute Gasteiger partial charge is 0.410 e. The molecule has 0 aromatic heterocycles. The van der Waals surface area contributed by atoms with E-state index in [1.54, 1.807) is 20.8 Å². The first-order valence-corrected chi connectivity index (χ1v) is 7.01. The molecule has 1 rings (SSSR count). The molecular weight excluding hydrogens is 274 g/mol. The van der Waals surface area contributed by atoms with Gasteiger partial charge in [-0.1, -0.05) is 5.57 Å². The van der Waals surface area contributed by atoms with Crippen LogP contribution in [-0.2, 0) is 14.3 Å². The van der Waals surface area contributed by atoms with Crippen molar-refractivity contribution in [3.8, 4) is 0 Å². The zero-order valence-corrected chi connectivity index (χ0v) is 13.3. The van der Waals surface area contributed by atoms with Crippen LogP contribution in [0.15, 0.2) is 12.2 Å². The standard InChI is InChI=1S/C15H25NO5/c1-11(2)6-7-20-15(8-12(17)18)9-16(10-15)13(19)21-14(3,4)5/h1,6-10H2,2-5H3,(H,17,18). The maximum absolute atomic E-state index is 11.9. The van der Waals surface area contributed by atoms with E-state index in [-0.39, 0.29) is 19.5 Å². The molecule has 1 fully saturated rings. The Morgan fingerprint density at radius 2 is 1.90 bits per heavy atom. The fourth-order valence-electron chi connectivity index (χ4n) is 2.08. The highest BCUT2D eigenvalue weighted by molar-refractivity contribution is 5.72. The van der Waals surface area contributed by atoms with Crippen LogP contribution >= 0.6 is 0 Å².